The van der Waals surface area contributed by atoms with Crippen molar-refractivity contribution in [3.05, 3.63) is 29.5 Å². The number of aromatic nitrogens is 2. The molecule has 6 nitrogen and oxygen atoms in total. The molecule has 2 aliphatic heterocycles. The van der Waals surface area contributed by atoms with Crippen molar-refractivity contribution in [3.63, 3.8) is 0 Å². The molecule has 7 heteroatoms. The molecule has 0 spiro atoms. The van der Waals surface area contributed by atoms with Crippen LogP contribution in [0.2, 0.25) is 5.02 Å². The van der Waals surface area contributed by atoms with Crippen molar-refractivity contribution in [2.45, 2.75) is 38.5 Å². The van der Waals surface area contributed by atoms with Gasteiger partial charge < -0.3 is 15.1 Å². The Morgan fingerprint density at radius 3 is 2.69 bits per heavy atom. The first-order chi connectivity index (χ1) is 14.2. The first kappa shape index (κ1) is 20.4. The molecular formula is C22H30ClN5O. The molecule has 1 amide bonds. The van der Waals surface area contributed by atoms with Gasteiger partial charge in [0.25, 0.3) is 0 Å². The van der Waals surface area contributed by atoms with E-state index in [1.165, 1.54) is 32.4 Å². The van der Waals surface area contributed by atoms with Gasteiger partial charge in [-0.25, -0.2) is 9.97 Å². The third-order valence-electron chi connectivity index (χ3n) is 6.14. The van der Waals surface area contributed by atoms with E-state index in [2.05, 4.69) is 25.1 Å². The van der Waals surface area contributed by atoms with Crippen molar-refractivity contribution in [2.24, 2.45) is 5.92 Å². The molecular weight excluding hydrogens is 386 g/mol. The predicted molar refractivity (Wildman–Crippen MR) is 117 cm³/mol. The molecule has 3 heterocycles. The molecule has 0 radical (unpaired) electrons. The van der Waals surface area contributed by atoms with E-state index in [0.717, 1.165) is 62.2 Å². The molecule has 156 valence electrons. The number of halogens is 1. The number of hydrogen-bond donors (Lipinski definition) is 1. The van der Waals surface area contributed by atoms with Crippen LogP contribution in [0.1, 0.15) is 38.5 Å². The number of hydrogen-bond acceptors (Lipinski definition) is 5. The number of benzene rings is 1. The Hall–Kier alpha value is -1.92. The Labute approximate surface area is 177 Å². The summed E-state index contributed by atoms with van der Waals surface area (Å²) in [5.41, 5.74) is 0.857. The van der Waals surface area contributed by atoms with Gasteiger partial charge >= 0.3 is 0 Å². The number of rotatable bonds is 6. The number of carbonyl (C=O) groups excluding carboxylic acids is 1. The first-order valence-electron chi connectivity index (χ1n) is 10.9. The van der Waals surface area contributed by atoms with E-state index in [1.54, 1.807) is 6.33 Å². The Balaban J connectivity index is 1.24. The van der Waals surface area contributed by atoms with E-state index in [-0.39, 0.29) is 11.8 Å². The van der Waals surface area contributed by atoms with Crippen molar-refractivity contribution in [1.82, 2.24) is 20.2 Å². The molecule has 2 fully saturated rings. The van der Waals surface area contributed by atoms with Gasteiger partial charge in [0.15, 0.2) is 0 Å². The average Bonchev–Trinajstić information content (AvgIpc) is 2.77. The topological polar surface area (TPSA) is 61.4 Å². The van der Waals surface area contributed by atoms with Gasteiger partial charge in [-0.2, -0.15) is 0 Å². The molecule has 1 aromatic carbocycles. The summed E-state index contributed by atoms with van der Waals surface area (Å²) in [6.45, 7) is 5.99. The van der Waals surface area contributed by atoms with Crippen LogP contribution in [0.4, 0.5) is 5.82 Å². The summed E-state index contributed by atoms with van der Waals surface area (Å²) in [5.74, 6) is 1.25. The average molecular weight is 416 g/mol. The fourth-order valence-corrected chi connectivity index (χ4v) is 4.63. The first-order valence-corrected chi connectivity index (χ1v) is 11.2. The van der Waals surface area contributed by atoms with Gasteiger partial charge in [0.1, 0.15) is 12.1 Å². The molecule has 0 bridgehead atoms. The van der Waals surface area contributed by atoms with Crippen molar-refractivity contribution in [1.29, 1.82) is 0 Å². The van der Waals surface area contributed by atoms with Crippen LogP contribution in [-0.2, 0) is 4.79 Å². The molecule has 0 aliphatic carbocycles. The number of piperidine rings is 2. The second kappa shape index (κ2) is 9.72. The summed E-state index contributed by atoms with van der Waals surface area (Å²) < 4.78 is 0. The van der Waals surface area contributed by atoms with Crippen LogP contribution < -0.4 is 10.2 Å². The third kappa shape index (κ3) is 5.17. The van der Waals surface area contributed by atoms with Gasteiger partial charge in [-0.05, 0) is 69.9 Å². The predicted octanol–water partition coefficient (Wildman–Crippen LogP) is 3.49. The lowest BCUT2D eigenvalue weighted by Crippen LogP contribution is -2.41. The maximum Gasteiger partial charge on any atom is 0.223 e. The third-order valence-corrected chi connectivity index (χ3v) is 6.38. The van der Waals surface area contributed by atoms with Gasteiger partial charge in [0, 0.05) is 36.0 Å². The van der Waals surface area contributed by atoms with Crippen molar-refractivity contribution < 1.29 is 4.79 Å². The molecule has 1 N–H and O–H groups in total. The highest BCUT2D eigenvalue weighted by atomic mass is 35.5. The largest absolute Gasteiger partial charge is 0.356 e. The normalized spacial score (nSPS) is 18.9. The summed E-state index contributed by atoms with van der Waals surface area (Å²) in [6, 6.07) is 5.72. The maximum atomic E-state index is 12.6. The van der Waals surface area contributed by atoms with Crippen LogP contribution in [0.15, 0.2) is 24.5 Å². The second-order valence-electron chi connectivity index (χ2n) is 8.17. The smallest absolute Gasteiger partial charge is 0.223 e. The van der Waals surface area contributed by atoms with E-state index in [4.69, 9.17) is 11.6 Å². The van der Waals surface area contributed by atoms with Crippen LogP contribution >= 0.6 is 11.6 Å². The van der Waals surface area contributed by atoms with Crippen LogP contribution in [0, 0.1) is 5.92 Å². The van der Waals surface area contributed by atoms with Crippen LogP contribution in [0.5, 0.6) is 0 Å². The summed E-state index contributed by atoms with van der Waals surface area (Å²) in [6.07, 6.45) is 8.35. The lowest BCUT2D eigenvalue weighted by atomic mass is 9.95. The van der Waals surface area contributed by atoms with Crippen molar-refractivity contribution in [2.75, 3.05) is 44.2 Å². The highest BCUT2D eigenvalue weighted by Gasteiger charge is 2.26. The maximum absolute atomic E-state index is 12.6. The van der Waals surface area contributed by atoms with E-state index >= 15 is 0 Å². The molecule has 2 saturated heterocycles. The van der Waals surface area contributed by atoms with E-state index in [0.29, 0.717) is 5.02 Å². The number of anilines is 1. The standard InChI is InChI=1S/C22H30ClN5O/c23-18-5-6-19-20(15-18)25-16-26-21(19)28-13-7-17(8-14-28)22(29)24-9-4-12-27-10-2-1-3-11-27/h5-6,15-17H,1-4,7-14H2,(H,24,29). The SMILES string of the molecule is O=C(NCCCN1CCCCC1)C1CCN(c2ncnc3cc(Cl)ccc23)CC1. The molecule has 29 heavy (non-hydrogen) atoms. The van der Waals surface area contributed by atoms with Gasteiger partial charge in [-0.3, -0.25) is 4.79 Å². The lowest BCUT2D eigenvalue weighted by molar-refractivity contribution is -0.125. The number of carbonyl (C=O) groups is 1. The van der Waals surface area contributed by atoms with Crippen molar-refractivity contribution >= 4 is 34.2 Å². The lowest BCUT2D eigenvalue weighted by Gasteiger charge is -2.32. The Bertz CT molecular complexity index is 831. The highest BCUT2D eigenvalue weighted by Crippen LogP contribution is 2.28. The Kier molecular flexibility index (Phi) is 6.82. The Morgan fingerprint density at radius 2 is 1.90 bits per heavy atom. The number of fused-ring (bicyclic) bond motifs is 1. The summed E-state index contributed by atoms with van der Waals surface area (Å²) in [5, 5.41) is 4.85. The minimum atomic E-state index is 0.101. The van der Waals surface area contributed by atoms with E-state index in [1.807, 2.05) is 18.2 Å². The zero-order valence-corrected chi connectivity index (χ0v) is 17.7. The zero-order valence-electron chi connectivity index (χ0n) is 16.9. The van der Waals surface area contributed by atoms with Crippen LogP contribution in [-0.4, -0.2) is 60.0 Å². The minimum absolute atomic E-state index is 0.101. The summed E-state index contributed by atoms with van der Waals surface area (Å²) in [7, 11) is 0. The second-order valence-corrected chi connectivity index (χ2v) is 8.60. The monoisotopic (exact) mass is 415 g/mol. The van der Waals surface area contributed by atoms with E-state index in [9.17, 15) is 4.79 Å². The van der Waals surface area contributed by atoms with Crippen molar-refractivity contribution in [3.8, 4) is 0 Å². The number of likely N-dealkylation sites (tertiary alicyclic amines) is 1. The van der Waals surface area contributed by atoms with Gasteiger partial charge in [-0.1, -0.05) is 18.0 Å². The molecule has 1 aromatic heterocycles. The molecule has 2 aliphatic rings. The highest BCUT2D eigenvalue weighted by molar-refractivity contribution is 6.31. The van der Waals surface area contributed by atoms with Gasteiger partial charge in [-0.15, -0.1) is 0 Å². The summed E-state index contributed by atoms with van der Waals surface area (Å²) in [4.78, 5) is 26.2. The fourth-order valence-electron chi connectivity index (χ4n) is 4.46. The fraction of sp³-hybridized carbons (Fsp3) is 0.591. The zero-order chi connectivity index (χ0) is 20.1. The molecule has 0 saturated carbocycles. The minimum Gasteiger partial charge on any atom is -0.356 e. The molecule has 2 aromatic rings. The number of nitrogens with zero attached hydrogens (tertiary/aromatic N) is 4. The number of nitrogens with one attached hydrogen (secondary N) is 1. The molecule has 0 unspecified atom stereocenters. The quantitative estimate of drug-likeness (QED) is 0.732. The molecule has 0 atom stereocenters. The van der Waals surface area contributed by atoms with Crippen LogP contribution in [0.3, 0.4) is 0 Å². The van der Waals surface area contributed by atoms with E-state index < -0.39 is 0 Å². The molecule has 4 rings (SSSR count). The Morgan fingerprint density at radius 1 is 1.10 bits per heavy atom. The summed E-state index contributed by atoms with van der Waals surface area (Å²) >= 11 is 6.09. The van der Waals surface area contributed by atoms with Gasteiger partial charge in [0.05, 0.1) is 5.52 Å². The van der Waals surface area contributed by atoms with Gasteiger partial charge in [0.2, 0.25) is 5.91 Å². The number of amides is 1. The van der Waals surface area contributed by atoms with Crippen LogP contribution in [0.25, 0.3) is 10.9 Å².